The van der Waals surface area contributed by atoms with Gasteiger partial charge in [-0.2, -0.15) is 0 Å². The van der Waals surface area contributed by atoms with E-state index in [9.17, 15) is 18.0 Å². The van der Waals surface area contributed by atoms with Crippen LogP contribution in [0.4, 0.5) is 11.4 Å². The van der Waals surface area contributed by atoms with Gasteiger partial charge in [0.25, 0.3) is 11.8 Å². The van der Waals surface area contributed by atoms with Crippen LogP contribution in [0.1, 0.15) is 26.3 Å². The van der Waals surface area contributed by atoms with Crippen LogP contribution in [-0.4, -0.2) is 46.7 Å². The standard InChI is InChI=1S/C25H27N3O5S/c1-33-17-16-26-24(29)20-12-6-8-14-22(20)27-25(30)21-13-7-9-15-23(21)28(34(2,31)32)18-19-10-4-3-5-11-19/h3-15H,16-18H2,1-2H3,(H,26,29)(H,27,30). The SMILES string of the molecule is COCCNC(=O)c1ccccc1NC(=O)c1ccccc1N(Cc1ccccc1)S(C)(=O)=O. The summed E-state index contributed by atoms with van der Waals surface area (Å²) in [5.41, 5.74) is 1.79. The Kier molecular flexibility index (Phi) is 8.39. The first-order valence-corrected chi connectivity index (χ1v) is 12.4. The Morgan fingerprint density at radius 3 is 2.15 bits per heavy atom. The maximum Gasteiger partial charge on any atom is 0.257 e. The fourth-order valence-corrected chi connectivity index (χ4v) is 4.26. The van der Waals surface area contributed by atoms with Gasteiger partial charge in [-0.3, -0.25) is 13.9 Å². The smallest absolute Gasteiger partial charge is 0.257 e. The van der Waals surface area contributed by atoms with Crippen molar-refractivity contribution in [3.63, 3.8) is 0 Å². The minimum atomic E-state index is -3.70. The molecule has 0 heterocycles. The van der Waals surface area contributed by atoms with E-state index in [1.165, 1.54) is 11.4 Å². The van der Waals surface area contributed by atoms with Crippen LogP contribution >= 0.6 is 0 Å². The van der Waals surface area contributed by atoms with Crippen LogP contribution in [0.2, 0.25) is 0 Å². The number of methoxy groups -OCH3 is 1. The predicted molar refractivity (Wildman–Crippen MR) is 133 cm³/mol. The van der Waals surface area contributed by atoms with Gasteiger partial charge in [0.1, 0.15) is 0 Å². The molecular formula is C25H27N3O5S. The molecule has 0 saturated carbocycles. The summed E-state index contributed by atoms with van der Waals surface area (Å²) in [5.74, 6) is -0.891. The van der Waals surface area contributed by atoms with Crippen molar-refractivity contribution >= 4 is 33.2 Å². The number of hydrogen-bond acceptors (Lipinski definition) is 5. The van der Waals surface area contributed by atoms with E-state index < -0.39 is 15.9 Å². The van der Waals surface area contributed by atoms with Gasteiger partial charge in [0.15, 0.2) is 0 Å². The van der Waals surface area contributed by atoms with Crippen molar-refractivity contribution in [3.8, 4) is 0 Å². The summed E-state index contributed by atoms with van der Waals surface area (Å²) >= 11 is 0. The van der Waals surface area contributed by atoms with Crippen molar-refractivity contribution < 1.29 is 22.7 Å². The Labute approximate surface area is 199 Å². The zero-order valence-corrected chi connectivity index (χ0v) is 19.8. The fourth-order valence-electron chi connectivity index (χ4n) is 3.36. The third kappa shape index (κ3) is 6.43. The minimum Gasteiger partial charge on any atom is -0.383 e. The highest BCUT2D eigenvalue weighted by atomic mass is 32.2. The van der Waals surface area contributed by atoms with Crippen LogP contribution in [0.15, 0.2) is 78.9 Å². The van der Waals surface area contributed by atoms with Gasteiger partial charge >= 0.3 is 0 Å². The Hall–Kier alpha value is -3.69. The number of amides is 2. The van der Waals surface area contributed by atoms with Gasteiger partial charge in [-0.15, -0.1) is 0 Å². The Morgan fingerprint density at radius 1 is 0.853 bits per heavy atom. The highest BCUT2D eigenvalue weighted by Crippen LogP contribution is 2.26. The molecule has 2 N–H and O–H groups in total. The number of hydrogen-bond donors (Lipinski definition) is 2. The fraction of sp³-hybridized carbons (Fsp3) is 0.200. The Balaban J connectivity index is 1.91. The number of sulfonamides is 1. The van der Waals surface area contributed by atoms with E-state index in [4.69, 9.17) is 4.74 Å². The molecule has 0 bridgehead atoms. The topological polar surface area (TPSA) is 105 Å². The van der Waals surface area contributed by atoms with Crippen molar-refractivity contribution in [3.05, 3.63) is 95.6 Å². The van der Waals surface area contributed by atoms with Crippen molar-refractivity contribution in [2.75, 3.05) is 36.1 Å². The normalized spacial score (nSPS) is 11.0. The van der Waals surface area contributed by atoms with Crippen LogP contribution in [0.5, 0.6) is 0 Å². The first-order chi connectivity index (χ1) is 16.3. The zero-order valence-electron chi connectivity index (χ0n) is 19.0. The number of para-hydroxylation sites is 2. The summed E-state index contributed by atoms with van der Waals surface area (Å²) in [6.45, 7) is 0.752. The van der Waals surface area contributed by atoms with Gasteiger partial charge in [-0.05, 0) is 29.8 Å². The van der Waals surface area contributed by atoms with Gasteiger partial charge in [-0.1, -0.05) is 54.6 Å². The molecule has 2 amide bonds. The molecule has 0 aliphatic rings. The summed E-state index contributed by atoms with van der Waals surface area (Å²) in [5, 5.41) is 5.48. The number of ether oxygens (including phenoxy) is 1. The van der Waals surface area contributed by atoms with Gasteiger partial charge < -0.3 is 15.4 Å². The summed E-state index contributed by atoms with van der Waals surface area (Å²) in [6, 6.07) is 22.2. The number of benzene rings is 3. The second-order valence-corrected chi connectivity index (χ2v) is 9.43. The largest absolute Gasteiger partial charge is 0.383 e. The van der Waals surface area contributed by atoms with Crippen molar-refractivity contribution in [2.45, 2.75) is 6.54 Å². The average Bonchev–Trinajstić information content (AvgIpc) is 2.83. The highest BCUT2D eigenvalue weighted by molar-refractivity contribution is 7.92. The molecule has 0 atom stereocenters. The lowest BCUT2D eigenvalue weighted by atomic mass is 10.1. The number of nitrogens with zero attached hydrogens (tertiary/aromatic N) is 1. The van der Waals surface area contributed by atoms with Crippen LogP contribution in [-0.2, 0) is 21.3 Å². The molecule has 0 aromatic heterocycles. The molecular weight excluding hydrogens is 454 g/mol. The van der Waals surface area contributed by atoms with E-state index in [2.05, 4.69) is 10.6 Å². The molecule has 3 aromatic rings. The van der Waals surface area contributed by atoms with Crippen LogP contribution in [0.25, 0.3) is 0 Å². The molecule has 9 heteroatoms. The third-order valence-electron chi connectivity index (χ3n) is 5.00. The molecule has 0 saturated heterocycles. The summed E-state index contributed by atoms with van der Waals surface area (Å²) < 4.78 is 31.5. The van der Waals surface area contributed by atoms with Gasteiger partial charge in [0, 0.05) is 13.7 Å². The lowest BCUT2D eigenvalue weighted by Crippen LogP contribution is -2.31. The molecule has 34 heavy (non-hydrogen) atoms. The second-order valence-electron chi connectivity index (χ2n) is 7.52. The minimum absolute atomic E-state index is 0.0719. The average molecular weight is 482 g/mol. The van der Waals surface area contributed by atoms with E-state index in [-0.39, 0.29) is 29.3 Å². The number of carbonyl (C=O) groups is 2. The zero-order chi connectivity index (χ0) is 24.6. The molecule has 0 spiro atoms. The van der Waals surface area contributed by atoms with Gasteiger partial charge in [0.2, 0.25) is 10.0 Å². The maximum absolute atomic E-state index is 13.3. The highest BCUT2D eigenvalue weighted by Gasteiger charge is 2.24. The molecule has 0 aliphatic heterocycles. The van der Waals surface area contributed by atoms with Crippen LogP contribution < -0.4 is 14.9 Å². The second kappa shape index (κ2) is 11.4. The monoisotopic (exact) mass is 481 g/mol. The Morgan fingerprint density at radius 2 is 1.47 bits per heavy atom. The van der Waals surface area contributed by atoms with Crippen LogP contribution in [0, 0.1) is 0 Å². The Bertz CT molecular complexity index is 1250. The van der Waals surface area contributed by atoms with E-state index in [1.807, 2.05) is 30.3 Å². The summed E-state index contributed by atoms with van der Waals surface area (Å²) in [6.07, 6.45) is 1.10. The first-order valence-electron chi connectivity index (χ1n) is 10.6. The van der Waals surface area contributed by atoms with Gasteiger partial charge in [-0.25, -0.2) is 8.42 Å². The summed E-state index contributed by atoms with van der Waals surface area (Å²) in [4.78, 5) is 25.8. The number of rotatable bonds is 10. The lowest BCUT2D eigenvalue weighted by molar-refractivity contribution is 0.0938. The third-order valence-corrected chi connectivity index (χ3v) is 6.12. The molecule has 0 unspecified atom stereocenters. The molecule has 3 rings (SSSR count). The predicted octanol–water partition coefficient (Wildman–Crippen LogP) is 3.28. The number of nitrogens with one attached hydrogen (secondary N) is 2. The van der Waals surface area contributed by atoms with Gasteiger partial charge in [0.05, 0.1) is 41.9 Å². The molecule has 3 aromatic carbocycles. The lowest BCUT2D eigenvalue weighted by Gasteiger charge is -2.25. The van der Waals surface area contributed by atoms with E-state index in [0.29, 0.717) is 18.8 Å². The number of anilines is 2. The summed E-state index contributed by atoms with van der Waals surface area (Å²) in [7, 11) is -2.17. The quantitative estimate of drug-likeness (QED) is 0.433. The number of carbonyl (C=O) groups excluding carboxylic acids is 2. The van der Waals surface area contributed by atoms with Crippen molar-refractivity contribution in [1.29, 1.82) is 0 Å². The molecule has 178 valence electrons. The first kappa shape index (κ1) is 24.9. The van der Waals surface area contributed by atoms with E-state index in [0.717, 1.165) is 11.8 Å². The molecule has 8 nitrogen and oxygen atoms in total. The van der Waals surface area contributed by atoms with E-state index >= 15 is 0 Å². The van der Waals surface area contributed by atoms with Crippen LogP contribution in [0.3, 0.4) is 0 Å². The van der Waals surface area contributed by atoms with Crippen molar-refractivity contribution in [1.82, 2.24) is 5.32 Å². The molecule has 0 aliphatic carbocycles. The van der Waals surface area contributed by atoms with Crippen molar-refractivity contribution in [2.24, 2.45) is 0 Å². The molecule has 0 fully saturated rings. The maximum atomic E-state index is 13.3. The molecule has 0 radical (unpaired) electrons. The van der Waals surface area contributed by atoms with E-state index in [1.54, 1.807) is 48.5 Å².